The number of nitrogens with zero attached hydrogens (tertiary/aromatic N) is 2. The first kappa shape index (κ1) is 17.6. The Morgan fingerprint density at radius 3 is 2.67 bits per heavy atom. The normalized spacial score (nSPS) is 13.1. The van der Waals surface area contributed by atoms with Gasteiger partial charge in [0.05, 0.1) is 0 Å². The van der Waals surface area contributed by atoms with Crippen LogP contribution in [0.25, 0.3) is 0 Å². The molecule has 0 saturated heterocycles. The molecular formula is C13H23N3O4S. The third-order valence-corrected chi connectivity index (χ3v) is 4.20. The van der Waals surface area contributed by atoms with Crippen LogP contribution in [0.15, 0.2) is 4.52 Å². The number of hydrogen-bond acceptors (Lipinski definition) is 6. The number of aromatic nitrogens is 2. The monoisotopic (exact) mass is 317 g/mol. The maximum Gasteiger partial charge on any atom is 0.241 e. The Balaban J connectivity index is 2.54. The van der Waals surface area contributed by atoms with E-state index in [1.807, 2.05) is 20.8 Å². The number of carbonyl (C=O) groups excluding carboxylic acids is 1. The van der Waals surface area contributed by atoms with Crippen LogP contribution in [0.3, 0.4) is 0 Å². The third kappa shape index (κ3) is 6.70. The second kappa shape index (κ2) is 8.11. The molecule has 1 aromatic rings. The molecule has 1 aromatic heterocycles. The number of rotatable bonds is 9. The van der Waals surface area contributed by atoms with E-state index in [9.17, 15) is 13.2 Å². The minimum atomic E-state index is -3.60. The number of hydrogen-bond donors (Lipinski definition) is 1. The standard InChI is InChI=1S/C13H23N3O4S/c1-4-6-10(3)14-12(17)8-21(18,19)9-13-15-11(7-5-2)16-20-13/h10H,4-9H2,1-3H3,(H,14,17)/t10-/m1/s1. The van der Waals surface area contributed by atoms with E-state index in [-0.39, 0.29) is 11.9 Å². The summed E-state index contributed by atoms with van der Waals surface area (Å²) in [5.41, 5.74) is 0. The molecule has 0 radical (unpaired) electrons. The summed E-state index contributed by atoms with van der Waals surface area (Å²) < 4.78 is 28.7. The molecule has 1 heterocycles. The zero-order chi connectivity index (χ0) is 15.9. The molecule has 0 aromatic carbocycles. The van der Waals surface area contributed by atoms with Crippen molar-refractivity contribution in [3.05, 3.63) is 11.7 Å². The maximum absolute atomic E-state index is 11.9. The summed E-state index contributed by atoms with van der Waals surface area (Å²) in [5.74, 6) is -0.938. The molecule has 0 bridgehead atoms. The van der Waals surface area contributed by atoms with Crippen LogP contribution in [0.4, 0.5) is 0 Å². The van der Waals surface area contributed by atoms with Gasteiger partial charge in [0.1, 0.15) is 11.5 Å². The molecule has 21 heavy (non-hydrogen) atoms. The second-order valence-corrected chi connectivity index (χ2v) is 7.21. The summed E-state index contributed by atoms with van der Waals surface area (Å²) in [6.45, 7) is 5.82. The van der Waals surface area contributed by atoms with E-state index in [1.54, 1.807) is 0 Å². The van der Waals surface area contributed by atoms with Crippen LogP contribution in [0, 0.1) is 0 Å². The van der Waals surface area contributed by atoms with Gasteiger partial charge in [-0.3, -0.25) is 4.79 Å². The molecule has 0 spiro atoms. The summed E-state index contributed by atoms with van der Waals surface area (Å²) in [6, 6.07) is -0.0303. The highest BCUT2D eigenvalue weighted by Crippen LogP contribution is 2.06. The van der Waals surface area contributed by atoms with Crippen molar-refractivity contribution in [3.63, 3.8) is 0 Å². The number of carbonyl (C=O) groups is 1. The summed E-state index contributed by atoms with van der Waals surface area (Å²) in [7, 11) is -3.60. The van der Waals surface area contributed by atoms with E-state index >= 15 is 0 Å². The van der Waals surface area contributed by atoms with Gasteiger partial charge in [0.2, 0.25) is 11.8 Å². The van der Waals surface area contributed by atoms with Crippen LogP contribution < -0.4 is 5.32 Å². The summed E-state index contributed by atoms with van der Waals surface area (Å²) in [6.07, 6.45) is 3.23. The van der Waals surface area contributed by atoms with Gasteiger partial charge >= 0.3 is 0 Å². The zero-order valence-corrected chi connectivity index (χ0v) is 13.6. The quantitative estimate of drug-likeness (QED) is 0.735. The Bertz CT molecular complexity index is 554. The third-order valence-electron chi connectivity index (χ3n) is 2.81. The Kier molecular flexibility index (Phi) is 6.80. The fourth-order valence-corrected chi connectivity index (χ4v) is 3.01. The van der Waals surface area contributed by atoms with Gasteiger partial charge in [-0.2, -0.15) is 4.98 Å². The minimum absolute atomic E-state index is 0.0303. The lowest BCUT2D eigenvalue weighted by Gasteiger charge is -2.12. The van der Waals surface area contributed by atoms with E-state index < -0.39 is 27.3 Å². The smallest absolute Gasteiger partial charge is 0.241 e. The minimum Gasteiger partial charge on any atom is -0.353 e. The van der Waals surface area contributed by atoms with Gasteiger partial charge in [0.15, 0.2) is 15.7 Å². The van der Waals surface area contributed by atoms with Crippen LogP contribution in [0.5, 0.6) is 0 Å². The Labute approximate surface area is 125 Å². The largest absolute Gasteiger partial charge is 0.353 e. The molecule has 1 amide bonds. The zero-order valence-electron chi connectivity index (χ0n) is 12.8. The lowest BCUT2D eigenvalue weighted by molar-refractivity contribution is -0.119. The Morgan fingerprint density at radius 2 is 2.05 bits per heavy atom. The van der Waals surface area contributed by atoms with Crippen LogP contribution in [-0.2, 0) is 26.8 Å². The second-order valence-electron chi connectivity index (χ2n) is 5.14. The van der Waals surface area contributed by atoms with Gasteiger partial charge in [0, 0.05) is 12.5 Å². The van der Waals surface area contributed by atoms with E-state index in [1.165, 1.54) is 0 Å². The predicted octanol–water partition coefficient (Wildman–Crippen LogP) is 1.24. The highest BCUT2D eigenvalue weighted by atomic mass is 32.2. The summed E-state index contributed by atoms with van der Waals surface area (Å²) in [4.78, 5) is 15.7. The predicted molar refractivity (Wildman–Crippen MR) is 78.3 cm³/mol. The lowest BCUT2D eigenvalue weighted by Crippen LogP contribution is -2.37. The van der Waals surface area contributed by atoms with Crippen molar-refractivity contribution in [1.82, 2.24) is 15.5 Å². The van der Waals surface area contributed by atoms with Gasteiger partial charge in [0.25, 0.3) is 0 Å². The molecule has 7 nitrogen and oxygen atoms in total. The summed E-state index contributed by atoms with van der Waals surface area (Å²) >= 11 is 0. The van der Waals surface area contributed by atoms with Gasteiger partial charge in [-0.1, -0.05) is 25.4 Å². The van der Waals surface area contributed by atoms with Crippen molar-refractivity contribution < 1.29 is 17.7 Å². The number of sulfone groups is 1. The maximum atomic E-state index is 11.9. The number of nitrogens with one attached hydrogen (secondary N) is 1. The molecule has 8 heteroatoms. The van der Waals surface area contributed by atoms with Crippen molar-refractivity contribution in [2.45, 2.75) is 58.2 Å². The van der Waals surface area contributed by atoms with E-state index in [0.29, 0.717) is 12.2 Å². The first-order valence-electron chi connectivity index (χ1n) is 7.17. The average molecular weight is 317 g/mol. The molecule has 0 saturated carbocycles. The molecule has 0 aliphatic rings. The van der Waals surface area contributed by atoms with E-state index in [4.69, 9.17) is 4.52 Å². The van der Waals surface area contributed by atoms with Gasteiger partial charge in [-0.25, -0.2) is 8.42 Å². The van der Waals surface area contributed by atoms with Crippen LogP contribution in [0.2, 0.25) is 0 Å². The highest BCUT2D eigenvalue weighted by molar-refractivity contribution is 7.91. The van der Waals surface area contributed by atoms with Crippen molar-refractivity contribution in [2.75, 3.05) is 5.75 Å². The number of aryl methyl sites for hydroxylation is 1. The molecule has 120 valence electrons. The molecule has 1 rings (SSSR count). The van der Waals surface area contributed by atoms with Crippen molar-refractivity contribution in [3.8, 4) is 0 Å². The highest BCUT2D eigenvalue weighted by Gasteiger charge is 2.21. The Hall–Kier alpha value is -1.44. The molecular weight excluding hydrogens is 294 g/mol. The first-order valence-corrected chi connectivity index (χ1v) is 8.99. The fourth-order valence-electron chi connectivity index (χ4n) is 1.93. The SMILES string of the molecule is CCCc1noc(CS(=O)(=O)CC(=O)N[C@H](C)CCC)n1. The van der Waals surface area contributed by atoms with E-state index in [2.05, 4.69) is 15.5 Å². The van der Waals surface area contributed by atoms with Gasteiger partial charge < -0.3 is 9.84 Å². The van der Waals surface area contributed by atoms with Gasteiger partial charge in [-0.05, 0) is 19.8 Å². The van der Waals surface area contributed by atoms with Crippen molar-refractivity contribution in [1.29, 1.82) is 0 Å². The van der Waals surface area contributed by atoms with Crippen LogP contribution >= 0.6 is 0 Å². The van der Waals surface area contributed by atoms with Crippen LogP contribution in [-0.4, -0.2) is 36.3 Å². The first-order chi connectivity index (χ1) is 9.86. The van der Waals surface area contributed by atoms with Crippen molar-refractivity contribution in [2.24, 2.45) is 0 Å². The fraction of sp³-hybridized carbons (Fsp3) is 0.769. The molecule has 0 aliphatic heterocycles. The number of amides is 1. The summed E-state index contributed by atoms with van der Waals surface area (Å²) in [5, 5.41) is 6.35. The average Bonchev–Trinajstić information content (AvgIpc) is 2.75. The molecule has 1 N–H and O–H groups in total. The van der Waals surface area contributed by atoms with Gasteiger partial charge in [-0.15, -0.1) is 0 Å². The Morgan fingerprint density at radius 1 is 1.33 bits per heavy atom. The van der Waals surface area contributed by atoms with E-state index in [0.717, 1.165) is 19.3 Å². The lowest BCUT2D eigenvalue weighted by atomic mass is 10.2. The molecule has 1 atom stereocenters. The topological polar surface area (TPSA) is 102 Å². The molecule has 0 fully saturated rings. The van der Waals surface area contributed by atoms with Crippen LogP contribution in [0.1, 0.15) is 51.7 Å². The molecule has 0 aliphatic carbocycles. The molecule has 0 unspecified atom stereocenters. The van der Waals surface area contributed by atoms with Crippen molar-refractivity contribution >= 4 is 15.7 Å².